The number of rotatable bonds is 3. The lowest BCUT2D eigenvalue weighted by Gasteiger charge is -2.31. The summed E-state index contributed by atoms with van der Waals surface area (Å²) in [5.41, 5.74) is 1.04. The van der Waals surface area contributed by atoms with Crippen molar-refractivity contribution >= 4 is 11.6 Å². The Hall–Kier alpha value is -0.740. The molecule has 1 N–H and O–H groups in total. The zero-order valence-electron chi connectivity index (χ0n) is 10.5. The zero-order chi connectivity index (χ0) is 13.9. The molecule has 1 aromatic rings. The van der Waals surface area contributed by atoms with Crippen molar-refractivity contribution in [2.45, 2.75) is 44.4 Å². The van der Waals surface area contributed by atoms with Crippen LogP contribution in [0.15, 0.2) is 24.3 Å². The van der Waals surface area contributed by atoms with Crippen LogP contribution in [0.5, 0.6) is 0 Å². The van der Waals surface area contributed by atoms with E-state index in [-0.39, 0.29) is 18.9 Å². The number of nitrogens with one attached hydrogen (secondary N) is 1. The molecule has 0 bridgehead atoms. The van der Waals surface area contributed by atoms with Crippen LogP contribution in [0.3, 0.4) is 0 Å². The molecule has 2 unspecified atom stereocenters. The van der Waals surface area contributed by atoms with Crippen molar-refractivity contribution < 1.29 is 13.2 Å². The fourth-order valence-corrected chi connectivity index (χ4v) is 2.66. The monoisotopic (exact) mass is 291 g/mol. The molecule has 106 valence electrons. The van der Waals surface area contributed by atoms with E-state index in [2.05, 4.69) is 5.32 Å². The zero-order valence-corrected chi connectivity index (χ0v) is 11.3. The third kappa shape index (κ3) is 4.39. The van der Waals surface area contributed by atoms with Gasteiger partial charge in [0.15, 0.2) is 0 Å². The summed E-state index contributed by atoms with van der Waals surface area (Å²) < 4.78 is 38.0. The van der Waals surface area contributed by atoms with Crippen molar-refractivity contribution in [3.8, 4) is 0 Å². The van der Waals surface area contributed by atoms with Gasteiger partial charge in [-0.3, -0.25) is 0 Å². The number of halogens is 4. The minimum absolute atomic E-state index is 0.0453. The molecular formula is C14H17ClF3N. The Morgan fingerprint density at radius 1 is 1.16 bits per heavy atom. The number of benzene rings is 1. The van der Waals surface area contributed by atoms with Gasteiger partial charge in [-0.15, -0.1) is 0 Å². The highest BCUT2D eigenvalue weighted by Gasteiger charge is 2.41. The first-order valence-electron chi connectivity index (χ1n) is 6.49. The van der Waals surface area contributed by atoms with E-state index in [9.17, 15) is 13.2 Å². The lowest BCUT2D eigenvalue weighted by molar-refractivity contribution is -0.183. The Kier molecular flexibility index (Phi) is 4.74. The molecule has 0 saturated heterocycles. The highest BCUT2D eigenvalue weighted by Crippen LogP contribution is 2.37. The van der Waals surface area contributed by atoms with Crippen molar-refractivity contribution in [3.05, 3.63) is 34.9 Å². The molecule has 1 nitrogen and oxygen atoms in total. The van der Waals surface area contributed by atoms with Gasteiger partial charge in [0.05, 0.1) is 5.92 Å². The highest BCUT2D eigenvalue weighted by molar-refractivity contribution is 6.30. The Labute approximate surface area is 116 Å². The van der Waals surface area contributed by atoms with Gasteiger partial charge in [0, 0.05) is 17.6 Å². The van der Waals surface area contributed by atoms with E-state index in [1.807, 2.05) is 12.1 Å². The summed E-state index contributed by atoms with van der Waals surface area (Å²) in [7, 11) is 0. The van der Waals surface area contributed by atoms with Crippen LogP contribution in [0.25, 0.3) is 0 Å². The SMILES string of the molecule is FC(F)(F)C1CCCC(NCc2ccc(Cl)cc2)C1. The first-order valence-corrected chi connectivity index (χ1v) is 6.87. The van der Waals surface area contributed by atoms with E-state index >= 15 is 0 Å². The van der Waals surface area contributed by atoms with Gasteiger partial charge in [0.25, 0.3) is 0 Å². The molecule has 1 saturated carbocycles. The number of hydrogen-bond acceptors (Lipinski definition) is 1. The summed E-state index contributed by atoms with van der Waals surface area (Å²) in [6.45, 7) is 0.590. The molecule has 0 radical (unpaired) electrons. The minimum atomic E-state index is -4.05. The molecule has 1 aliphatic rings. The van der Waals surface area contributed by atoms with Gasteiger partial charge in [-0.05, 0) is 37.0 Å². The van der Waals surface area contributed by atoms with E-state index in [0.717, 1.165) is 12.0 Å². The van der Waals surface area contributed by atoms with Gasteiger partial charge in [0.2, 0.25) is 0 Å². The van der Waals surface area contributed by atoms with Crippen LogP contribution >= 0.6 is 11.6 Å². The normalized spacial score (nSPS) is 24.4. The molecule has 1 fully saturated rings. The summed E-state index contributed by atoms with van der Waals surface area (Å²) in [4.78, 5) is 0. The molecule has 1 aromatic carbocycles. The number of hydrogen-bond donors (Lipinski definition) is 1. The van der Waals surface area contributed by atoms with Gasteiger partial charge >= 0.3 is 6.18 Å². The molecular weight excluding hydrogens is 275 g/mol. The summed E-state index contributed by atoms with van der Waals surface area (Å²) in [5, 5.41) is 3.88. The smallest absolute Gasteiger partial charge is 0.310 e. The minimum Gasteiger partial charge on any atom is -0.310 e. The van der Waals surface area contributed by atoms with Gasteiger partial charge in [-0.1, -0.05) is 30.2 Å². The van der Waals surface area contributed by atoms with Crippen LogP contribution in [0.2, 0.25) is 5.02 Å². The van der Waals surface area contributed by atoms with Crippen LogP contribution < -0.4 is 5.32 Å². The standard InChI is InChI=1S/C14H17ClF3N/c15-12-6-4-10(5-7-12)9-19-13-3-1-2-11(8-13)14(16,17)18/h4-7,11,13,19H,1-3,8-9H2. The molecule has 0 heterocycles. The topological polar surface area (TPSA) is 12.0 Å². The third-order valence-corrected chi connectivity index (χ3v) is 3.90. The second-order valence-corrected chi connectivity index (χ2v) is 5.55. The van der Waals surface area contributed by atoms with Crippen molar-refractivity contribution in [1.29, 1.82) is 0 Å². The van der Waals surface area contributed by atoms with E-state index < -0.39 is 12.1 Å². The van der Waals surface area contributed by atoms with Crippen LogP contribution in [0.1, 0.15) is 31.2 Å². The summed E-state index contributed by atoms with van der Waals surface area (Å²) in [6, 6.07) is 7.31. The van der Waals surface area contributed by atoms with Crippen molar-refractivity contribution in [1.82, 2.24) is 5.32 Å². The van der Waals surface area contributed by atoms with E-state index in [4.69, 9.17) is 11.6 Å². The molecule has 2 rings (SSSR count). The molecule has 2 atom stereocenters. The second kappa shape index (κ2) is 6.14. The lowest BCUT2D eigenvalue weighted by atomic mass is 9.85. The van der Waals surface area contributed by atoms with Gasteiger partial charge in [-0.25, -0.2) is 0 Å². The first-order chi connectivity index (χ1) is 8.95. The summed E-state index contributed by atoms with van der Waals surface area (Å²) in [5.74, 6) is -1.15. The van der Waals surface area contributed by atoms with Crippen LogP contribution in [-0.2, 0) is 6.54 Å². The van der Waals surface area contributed by atoms with E-state index in [1.54, 1.807) is 12.1 Å². The molecule has 0 aliphatic heterocycles. The lowest BCUT2D eigenvalue weighted by Crippen LogP contribution is -2.38. The third-order valence-electron chi connectivity index (χ3n) is 3.65. The fraction of sp³-hybridized carbons (Fsp3) is 0.571. The average Bonchev–Trinajstić information content (AvgIpc) is 2.37. The van der Waals surface area contributed by atoms with Crippen molar-refractivity contribution in [2.24, 2.45) is 5.92 Å². The van der Waals surface area contributed by atoms with E-state index in [1.165, 1.54) is 0 Å². The fourth-order valence-electron chi connectivity index (χ4n) is 2.54. The average molecular weight is 292 g/mol. The maximum atomic E-state index is 12.7. The molecule has 1 aliphatic carbocycles. The highest BCUT2D eigenvalue weighted by atomic mass is 35.5. The maximum Gasteiger partial charge on any atom is 0.391 e. The molecule has 5 heteroatoms. The molecule has 0 amide bonds. The van der Waals surface area contributed by atoms with Crippen LogP contribution in [0.4, 0.5) is 13.2 Å². The maximum absolute atomic E-state index is 12.7. The van der Waals surface area contributed by atoms with Gasteiger partial charge in [-0.2, -0.15) is 13.2 Å². The van der Waals surface area contributed by atoms with Gasteiger partial charge < -0.3 is 5.32 Å². The quantitative estimate of drug-likeness (QED) is 0.861. The first kappa shape index (κ1) is 14.7. The Morgan fingerprint density at radius 3 is 2.47 bits per heavy atom. The van der Waals surface area contributed by atoms with Crippen LogP contribution in [-0.4, -0.2) is 12.2 Å². The Morgan fingerprint density at radius 2 is 1.84 bits per heavy atom. The number of alkyl halides is 3. The van der Waals surface area contributed by atoms with E-state index in [0.29, 0.717) is 18.0 Å². The predicted octanol–water partition coefficient (Wildman–Crippen LogP) is 4.55. The summed E-state index contributed by atoms with van der Waals surface area (Å²) in [6.07, 6.45) is -2.14. The molecule has 0 spiro atoms. The Balaban J connectivity index is 1.84. The predicted molar refractivity (Wildman–Crippen MR) is 70.1 cm³/mol. The Bertz CT molecular complexity index is 402. The van der Waals surface area contributed by atoms with Gasteiger partial charge in [0.1, 0.15) is 0 Å². The van der Waals surface area contributed by atoms with Crippen molar-refractivity contribution in [3.63, 3.8) is 0 Å². The molecule has 0 aromatic heterocycles. The molecule has 19 heavy (non-hydrogen) atoms. The summed E-state index contributed by atoms with van der Waals surface area (Å²) >= 11 is 5.78. The van der Waals surface area contributed by atoms with Crippen molar-refractivity contribution in [2.75, 3.05) is 0 Å². The van der Waals surface area contributed by atoms with Crippen LogP contribution in [0, 0.1) is 5.92 Å². The largest absolute Gasteiger partial charge is 0.391 e. The second-order valence-electron chi connectivity index (χ2n) is 5.11.